The van der Waals surface area contributed by atoms with Gasteiger partial charge in [-0.1, -0.05) is 31.8 Å². The van der Waals surface area contributed by atoms with Crippen LogP contribution < -0.4 is 0 Å². The Morgan fingerprint density at radius 1 is 1.31 bits per heavy atom. The van der Waals surface area contributed by atoms with Gasteiger partial charge in [0.2, 0.25) is 0 Å². The molecule has 1 rings (SSSR count). The summed E-state index contributed by atoms with van der Waals surface area (Å²) in [7, 11) is 0. The smallest absolute Gasteiger partial charge is 0.137 e. The Bertz CT molecular complexity index is 352. The SMILES string of the molecule is CCC(CC)C(CC#N)c1c(C)noc1C. The molecule has 0 bridgehead atoms. The van der Waals surface area contributed by atoms with Crippen molar-refractivity contribution in [3.63, 3.8) is 0 Å². The molecule has 0 fully saturated rings. The highest BCUT2D eigenvalue weighted by atomic mass is 16.5. The standard InChI is InChI=1S/C13H20N2O/c1-5-11(6-2)12(7-8-14)13-9(3)15-16-10(13)4/h11-12H,5-7H2,1-4H3. The van der Waals surface area contributed by atoms with Gasteiger partial charge in [-0.3, -0.25) is 0 Å². The zero-order valence-corrected chi connectivity index (χ0v) is 10.6. The van der Waals surface area contributed by atoms with E-state index >= 15 is 0 Å². The van der Waals surface area contributed by atoms with Crippen molar-refractivity contribution in [1.29, 1.82) is 5.26 Å². The molecule has 16 heavy (non-hydrogen) atoms. The third kappa shape index (κ3) is 2.44. The number of rotatable bonds is 5. The molecule has 0 amide bonds. The van der Waals surface area contributed by atoms with Gasteiger partial charge >= 0.3 is 0 Å². The first kappa shape index (κ1) is 12.8. The van der Waals surface area contributed by atoms with E-state index in [0.29, 0.717) is 12.3 Å². The van der Waals surface area contributed by atoms with E-state index in [1.54, 1.807) is 0 Å². The Morgan fingerprint density at radius 3 is 2.31 bits per heavy atom. The number of aryl methyl sites for hydroxylation is 2. The lowest BCUT2D eigenvalue weighted by Crippen LogP contribution is -2.12. The van der Waals surface area contributed by atoms with Crippen molar-refractivity contribution in [3.8, 4) is 6.07 Å². The molecular weight excluding hydrogens is 200 g/mol. The molecule has 1 unspecified atom stereocenters. The highest BCUT2D eigenvalue weighted by Crippen LogP contribution is 2.35. The van der Waals surface area contributed by atoms with Gasteiger partial charge in [-0.2, -0.15) is 5.26 Å². The summed E-state index contributed by atoms with van der Waals surface area (Å²) in [5, 5.41) is 12.9. The summed E-state index contributed by atoms with van der Waals surface area (Å²) < 4.78 is 5.20. The van der Waals surface area contributed by atoms with Crippen molar-refractivity contribution in [3.05, 3.63) is 17.0 Å². The molecule has 1 aromatic rings. The Morgan fingerprint density at radius 2 is 1.94 bits per heavy atom. The molecule has 0 N–H and O–H groups in total. The lowest BCUT2D eigenvalue weighted by molar-refractivity contribution is 0.377. The molecule has 1 atom stereocenters. The third-order valence-corrected chi connectivity index (χ3v) is 3.39. The van der Waals surface area contributed by atoms with Crippen LogP contribution in [0, 0.1) is 31.1 Å². The van der Waals surface area contributed by atoms with Crippen molar-refractivity contribution in [2.45, 2.75) is 52.9 Å². The maximum atomic E-state index is 8.96. The Labute approximate surface area is 97.4 Å². The average Bonchev–Trinajstić information content (AvgIpc) is 2.59. The fourth-order valence-electron chi connectivity index (χ4n) is 2.48. The van der Waals surface area contributed by atoms with Crippen molar-refractivity contribution in [1.82, 2.24) is 5.16 Å². The van der Waals surface area contributed by atoms with E-state index in [4.69, 9.17) is 9.78 Å². The zero-order chi connectivity index (χ0) is 12.1. The van der Waals surface area contributed by atoms with Crippen LogP contribution in [-0.2, 0) is 0 Å². The first-order valence-corrected chi connectivity index (χ1v) is 5.95. The third-order valence-electron chi connectivity index (χ3n) is 3.39. The second-order valence-electron chi connectivity index (χ2n) is 4.28. The van der Waals surface area contributed by atoms with Crippen molar-refractivity contribution < 1.29 is 4.52 Å². The number of aromatic nitrogens is 1. The predicted molar refractivity (Wildman–Crippen MR) is 63.0 cm³/mol. The molecule has 0 saturated heterocycles. The molecule has 0 aromatic carbocycles. The lowest BCUT2D eigenvalue weighted by atomic mass is 9.80. The van der Waals surface area contributed by atoms with Crippen molar-refractivity contribution in [2.75, 3.05) is 0 Å². The van der Waals surface area contributed by atoms with Gasteiger partial charge in [-0.15, -0.1) is 0 Å². The molecule has 0 aliphatic carbocycles. The molecule has 0 aliphatic heterocycles. The molecule has 88 valence electrons. The molecule has 0 radical (unpaired) electrons. The molecule has 0 aliphatic rings. The molecule has 0 spiro atoms. The summed E-state index contributed by atoms with van der Waals surface area (Å²) in [6.45, 7) is 8.24. The maximum Gasteiger partial charge on any atom is 0.137 e. The van der Waals surface area contributed by atoms with Crippen LogP contribution in [0.4, 0.5) is 0 Å². The van der Waals surface area contributed by atoms with Gasteiger partial charge in [0, 0.05) is 17.9 Å². The minimum atomic E-state index is 0.270. The van der Waals surface area contributed by atoms with E-state index in [2.05, 4.69) is 25.1 Å². The van der Waals surface area contributed by atoms with E-state index in [1.165, 1.54) is 0 Å². The molecule has 1 aromatic heterocycles. The summed E-state index contributed by atoms with van der Waals surface area (Å²) in [4.78, 5) is 0. The van der Waals surface area contributed by atoms with E-state index in [1.807, 2.05) is 13.8 Å². The fourth-order valence-corrected chi connectivity index (χ4v) is 2.48. The topological polar surface area (TPSA) is 49.8 Å². The number of nitriles is 1. The first-order chi connectivity index (χ1) is 7.65. The van der Waals surface area contributed by atoms with Crippen LogP contribution in [-0.4, -0.2) is 5.16 Å². The van der Waals surface area contributed by atoms with Crippen molar-refractivity contribution in [2.24, 2.45) is 5.92 Å². The highest BCUT2D eigenvalue weighted by molar-refractivity contribution is 5.27. The monoisotopic (exact) mass is 220 g/mol. The minimum absolute atomic E-state index is 0.270. The highest BCUT2D eigenvalue weighted by Gasteiger charge is 2.26. The molecule has 3 heteroatoms. The number of nitrogens with zero attached hydrogens (tertiary/aromatic N) is 2. The fraction of sp³-hybridized carbons (Fsp3) is 0.692. The van der Waals surface area contributed by atoms with Crippen LogP contribution in [0.3, 0.4) is 0 Å². The van der Waals surface area contributed by atoms with Crippen LogP contribution in [0.15, 0.2) is 4.52 Å². The molecule has 0 saturated carbocycles. The van der Waals surface area contributed by atoms with E-state index in [-0.39, 0.29) is 5.92 Å². The second kappa shape index (κ2) is 5.69. The molecule has 3 nitrogen and oxygen atoms in total. The van der Waals surface area contributed by atoms with Crippen molar-refractivity contribution >= 4 is 0 Å². The van der Waals surface area contributed by atoms with Crippen LogP contribution in [0.25, 0.3) is 0 Å². The van der Waals surface area contributed by atoms with Crippen LogP contribution in [0.1, 0.15) is 56.0 Å². The minimum Gasteiger partial charge on any atom is -0.361 e. The Kier molecular flexibility index (Phi) is 4.54. The average molecular weight is 220 g/mol. The van der Waals surface area contributed by atoms with E-state index in [0.717, 1.165) is 29.9 Å². The van der Waals surface area contributed by atoms with Gasteiger partial charge in [0.15, 0.2) is 0 Å². The van der Waals surface area contributed by atoms with Crippen LogP contribution in [0.5, 0.6) is 0 Å². The lowest BCUT2D eigenvalue weighted by Gasteiger charge is -2.22. The largest absolute Gasteiger partial charge is 0.361 e. The van der Waals surface area contributed by atoms with Crippen LogP contribution in [0.2, 0.25) is 0 Å². The Balaban J connectivity index is 3.07. The van der Waals surface area contributed by atoms with Gasteiger partial charge < -0.3 is 4.52 Å². The van der Waals surface area contributed by atoms with Gasteiger partial charge in [0.05, 0.1) is 11.8 Å². The maximum absolute atomic E-state index is 8.96. The van der Waals surface area contributed by atoms with E-state index < -0.39 is 0 Å². The number of hydrogen-bond donors (Lipinski definition) is 0. The molecular formula is C13H20N2O. The number of hydrogen-bond acceptors (Lipinski definition) is 3. The normalized spacial score (nSPS) is 12.8. The summed E-state index contributed by atoms with van der Waals surface area (Å²) in [5.41, 5.74) is 2.08. The Hall–Kier alpha value is -1.30. The summed E-state index contributed by atoms with van der Waals surface area (Å²) in [6.07, 6.45) is 2.73. The summed E-state index contributed by atoms with van der Waals surface area (Å²) in [5.74, 6) is 1.67. The first-order valence-electron chi connectivity index (χ1n) is 5.95. The summed E-state index contributed by atoms with van der Waals surface area (Å²) in [6, 6.07) is 2.29. The van der Waals surface area contributed by atoms with Gasteiger partial charge in [-0.25, -0.2) is 0 Å². The predicted octanol–water partition coefficient (Wildman–Crippen LogP) is 3.72. The quantitative estimate of drug-likeness (QED) is 0.759. The van der Waals surface area contributed by atoms with Gasteiger partial charge in [-0.05, 0) is 19.8 Å². The second-order valence-corrected chi connectivity index (χ2v) is 4.28. The molecule has 1 heterocycles. The van der Waals surface area contributed by atoms with Crippen LogP contribution >= 0.6 is 0 Å². The van der Waals surface area contributed by atoms with E-state index in [9.17, 15) is 0 Å². The van der Waals surface area contributed by atoms with Gasteiger partial charge in [0.1, 0.15) is 5.76 Å². The zero-order valence-electron chi connectivity index (χ0n) is 10.6. The summed E-state index contributed by atoms with van der Waals surface area (Å²) >= 11 is 0. The van der Waals surface area contributed by atoms with Gasteiger partial charge in [0.25, 0.3) is 0 Å².